The molecule has 0 aliphatic heterocycles. The lowest BCUT2D eigenvalue weighted by Crippen LogP contribution is -2.10. The number of nitrogens with one attached hydrogen (secondary N) is 1. The first kappa shape index (κ1) is 15.4. The Morgan fingerprint density at radius 1 is 1.10 bits per heavy atom. The average molecular weight is 283 g/mol. The molecule has 0 saturated heterocycles. The Morgan fingerprint density at radius 3 is 2.62 bits per heavy atom. The third-order valence-corrected chi connectivity index (χ3v) is 3.62. The monoisotopic (exact) mass is 283 g/mol. The van der Waals surface area contributed by atoms with Crippen LogP contribution in [0.2, 0.25) is 0 Å². The van der Waals surface area contributed by atoms with E-state index in [1.165, 1.54) is 16.7 Å². The number of aryl methyl sites for hydroxylation is 2. The molecule has 2 aromatic carbocycles. The van der Waals surface area contributed by atoms with Gasteiger partial charge in [-0.1, -0.05) is 42.8 Å². The van der Waals surface area contributed by atoms with Crippen LogP contribution in [0.3, 0.4) is 0 Å². The van der Waals surface area contributed by atoms with Gasteiger partial charge in [0.05, 0.1) is 12.3 Å². The SMILES string of the molecule is CCCOc1ccccc1NC(C)c1cc(C)ccc1C. The number of rotatable bonds is 6. The van der Waals surface area contributed by atoms with Crippen LogP contribution in [0, 0.1) is 13.8 Å². The number of anilines is 1. The van der Waals surface area contributed by atoms with Crippen molar-refractivity contribution in [1.29, 1.82) is 0 Å². The third-order valence-electron chi connectivity index (χ3n) is 3.62. The Bertz CT molecular complexity index is 592. The first-order valence-electron chi connectivity index (χ1n) is 7.67. The Morgan fingerprint density at radius 2 is 1.86 bits per heavy atom. The van der Waals surface area contributed by atoms with Gasteiger partial charge in [-0.05, 0) is 50.5 Å². The fourth-order valence-electron chi connectivity index (χ4n) is 2.46. The quantitative estimate of drug-likeness (QED) is 0.780. The van der Waals surface area contributed by atoms with Gasteiger partial charge < -0.3 is 10.1 Å². The van der Waals surface area contributed by atoms with Gasteiger partial charge in [-0.15, -0.1) is 0 Å². The van der Waals surface area contributed by atoms with Crippen LogP contribution in [0.5, 0.6) is 5.75 Å². The molecule has 1 N–H and O–H groups in total. The maximum atomic E-state index is 5.81. The molecule has 0 fully saturated rings. The maximum absolute atomic E-state index is 5.81. The number of hydrogen-bond acceptors (Lipinski definition) is 2. The summed E-state index contributed by atoms with van der Waals surface area (Å²) in [6, 6.07) is 15.0. The van der Waals surface area contributed by atoms with Crippen molar-refractivity contribution in [3.05, 3.63) is 59.2 Å². The van der Waals surface area contributed by atoms with E-state index in [1.807, 2.05) is 18.2 Å². The standard InChI is InChI=1S/C19H25NO/c1-5-12-21-19-9-7-6-8-18(19)20-16(4)17-13-14(2)10-11-15(17)3/h6-11,13,16,20H,5,12H2,1-4H3. The largest absolute Gasteiger partial charge is 0.491 e. The molecule has 1 atom stereocenters. The summed E-state index contributed by atoms with van der Waals surface area (Å²) in [4.78, 5) is 0. The van der Waals surface area contributed by atoms with Gasteiger partial charge in [0, 0.05) is 6.04 Å². The van der Waals surface area contributed by atoms with Gasteiger partial charge in [-0.2, -0.15) is 0 Å². The molecule has 0 bridgehead atoms. The minimum absolute atomic E-state index is 0.247. The second-order valence-electron chi connectivity index (χ2n) is 5.57. The summed E-state index contributed by atoms with van der Waals surface area (Å²) in [7, 11) is 0. The van der Waals surface area contributed by atoms with Crippen LogP contribution < -0.4 is 10.1 Å². The minimum Gasteiger partial charge on any atom is -0.491 e. The van der Waals surface area contributed by atoms with Gasteiger partial charge in [0.15, 0.2) is 0 Å². The Balaban J connectivity index is 2.19. The van der Waals surface area contributed by atoms with Gasteiger partial charge in [0.1, 0.15) is 5.75 Å². The van der Waals surface area contributed by atoms with Crippen LogP contribution in [-0.4, -0.2) is 6.61 Å². The molecule has 2 heteroatoms. The van der Waals surface area contributed by atoms with Crippen LogP contribution in [0.4, 0.5) is 5.69 Å². The van der Waals surface area contributed by atoms with Crippen LogP contribution in [0.25, 0.3) is 0 Å². The molecule has 0 amide bonds. The van der Waals surface area contributed by atoms with Crippen molar-refractivity contribution in [2.75, 3.05) is 11.9 Å². The van der Waals surface area contributed by atoms with Crippen molar-refractivity contribution in [2.24, 2.45) is 0 Å². The Labute approximate surface area is 128 Å². The molecular formula is C19H25NO. The second kappa shape index (κ2) is 7.16. The van der Waals surface area contributed by atoms with E-state index in [1.54, 1.807) is 0 Å². The Hall–Kier alpha value is -1.96. The van der Waals surface area contributed by atoms with Gasteiger partial charge in [0.2, 0.25) is 0 Å². The predicted molar refractivity (Wildman–Crippen MR) is 90.2 cm³/mol. The number of benzene rings is 2. The van der Waals surface area contributed by atoms with Crippen molar-refractivity contribution in [2.45, 2.75) is 40.2 Å². The lowest BCUT2D eigenvalue weighted by atomic mass is 10.00. The first-order valence-corrected chi connectivity index (χ1v) is 7.67. The molecule has 1 unspecified atom stereocenters. The van der Waals surface area contributed by atoms with Crippen molar-refractivity contribution in [3.8, 4) is 5.75 Å². The summed E-state index contributed by atoms with van der Waals surface area (Å²) in [6.45, 7) is 9.35. The van der Waals surface area contributed by atoms with Crippen molar-refractivity contribution >= 4 is 5.69 Å². The zero-order valence-corrected chi connectivity index (χ0v) is 13.4. The molecule has 0 saturated carbocycles. The highest BCUT2D eigenvalue weighted by atomic mass is 16.5. The molecule has 0 aliphatic carbocycles. The molecule has 112 valence electrons. The fourth-order valence-corrected chi connectivity index (χ4v) is 2.46. The highest BCUT2D eigenvalue weighted by molar-refractivity contribution is 5.57. The summed E-state index contributed by atoms with van der Waals surface area (Å²) in [6.07, 6.45) is 1.01. The normalized spacial score (nSPS) is 12.0. The second-order valence-corrected chi connectivity index (χ2v) is 5.57. The summed E-state index contributed by atoms with van der Waals surface area (Å²) in [5.74, 6) is 0.927. The molecular weight excluding hydrogens is 258 g/mol. The van der Waals surface area contributed by atoms with E-state index in [2.05, 4.69) is 57.3 Å². The molecule has 21 heavy (non-hydrogen) atoms. The van der Waals surface area contributed by atoms with Crippen molar-refractivity contribution in [1.82, 2.24) is 0 Å². The van der Waals surface area contributed by atoms with Gasteiger partial charge >= 0.3 is 0 Å². The Kier molecular flexibility index (Phi) is 5.26. The zero-order valence-electron chi connectivity index (χ0n) is 13.4. The summed E-state index contributed by atoms with van der Waals surface area (Å²) < 4.78 is 5.81. The smallest absolute Gasteiger partial charge is 0.142 e. The van der Waals surface area contributed by atoms with Gasteiger partial charge in [-0.3, -0.25) is 0 Å². The number of hydrogen-bond donors (Lipinski definition) is 1. The first-order chi connectivity index (χ1) is 10.1. The molecule has 2 aromatic rings. The van der Waals surface area contributed by atoms with E-state index >= 15 is 0 Å². The third kappa shape index (κ3) is 4.01. The predicted octanol–water partition coefficient (Wildman–Crippen LogP) is 5.27. The van der Waals surface area contributed by atoms with E-state index in [4.69, 9.17) is 4.74 Å². The minimum atomic E-state index is 0.247. The fraction of sp³-hybridized carbons (Fsp3) is 0.368. The van der Waals surface area contributed by atoms with Gasteiger partial charge in [0.25, 0.3) is 0 Å². The van der Waals surface area contributed by atoms with E-state index in [-0.39, 0.29) is 6.04 Å². The topological polar surface area (TPSA) is 21.3 Å². The summed E-state index contributed by atoms with van der Waals surface area (Å²) >= 11 is 0. The highest BCUT2D eigenvalue weighted by Gasteiger charge is 2.11. The summed E-state index contributed by atoms with van der Waals surface area (Å²) in [5.41, 5.74) is 4.99. The van der Waals surface area contributed by atoms with E-state index in [0.717, 1.165) is 24.5 Å². The molecule has 0 radical (unpaired) electrons. The molecule has 2 rings (SSSR count). The van der Waals surface area contributed by atoms with Crippen molar-refractivity contribution < 1.29 is 4.74 Å². The van der Waals surface area contributed by atoms with Crippen LogP contribution in [0.15, 0.2) is 42.5 Å². The molecule has 0 spiro atoms. The molecule has 0 aliphatic rings. The number of para-hydroxylation sites is 2. The zero-order chi connectivity index (χ0) is 15.2. The van der Waals surface area contributed by atoms with E-state index in [0.29, 0.717) is 0 Å². The van der Waals surface area contributed by atoms with E-state index < -0.39 is 0 Å². The highest BCUT2D eigenvalue weighted by Crippen LogP contribution is 2.29. The lowest BCUT2D eigenvalue weighted by molar-refractivity contribution is 0.318. The lowest BCUT2D eigenvalue weighted by Gasteiger charge is -2.20. The van der Waals surface area contributed by atoms with Crippen LogP contribution in [-0.2, 0) is 0 Å². The van der Waals surface area contributed by atoms with Crippen LogP contribution in [0.1, 0.15) is 43.0 Å². The maximum Gasteiger partial charge on any atom is 0.142 e. The van der Waals surface area contributed by atoms with E-state index in [9.17, 15) is 0 Å². The average Bonchev–Trinajstić information content (AvgIpc) is 2.48. The summed E-state index contributed by atoms with van der Waals surface area (Å²) in [5, 5.41) is 3.58. The molecule has 0 heterocycles. The number of ether oxygens (including phenoxy) is 1. The molecule has 0 aromatic heterocycles. The molecule has 2 nitrogen and oxygen atoms in total. The van der Waals surface area contributed by atoms with Crippen LogP contribution >= 0.6 is 0 Å². The van der Waals surface area contributed by atoms with Crippen molar-refractivity contribution in [3.63, 3.8) is 0 Å². The van der Waals surface area contributed by atoms with Gasteiger partial charge in [-0.25, -0.2) is 0 Å².